The van der Waals surface area contributed by atoms with E-state index in [1.54, 1.807) is 26.4 Å². The number of para-hydroxylation sites is 1. The van der Waals surface area contributed by atoms with Crippen LogP contribution in [0, 0.1) is 17.9 Å². The zero-order valence-corrected chi connectivity index (χ0v) is 23.9. The summed E-state index contributed by atoms with van der Waals surface area (Å²) in [6.07, 6.45) is 7.63. The van der Waals surface area contributed by atoms with Gasteiger partial charge in [0.1, 0.15) is 11.5 Å². The van der Waals surface area contributed by atoms with Crippen LogP contribution in [0.1, 0.15) is 27.8 Å². The number of benzene rings is 5. The number of rotatable bonds is 9. The average molecular weight is 560 g/mol. The largest absolute Gasteiger partial charge is 0.497 e. The summed E-state index contributed by atoms with van der Waals surface area (Å²) in [4.78, 5) is 5.92. The summed E-state index contributed by atoms with van der Waals surface area (Å²) in [6.45, 7) is 7.75. The highest BCUT2D eigenvalue weighted by Crippen LogP contribution is 2.35. The summed E-state index contributed by atoms with van der Waals surface area (Å²) in [7, 11) is 3.29. The number of hydrogen-bond acceptors (Lipinski definition) is 4. The van der Waals surface area contributed by atoms with Crippen molar-refractivity contribution in [1.29, 1.82) is 5.26 Å². The molecule has 0 heterocycles. The van der Waals surface area contributed by atoms with Crippen molar-refractivity contribution in [2.24, 2.45) is 0 Å². The fraction of sp³-hybridized carbons (Fsp3) is 0.0526. The molecule has 0 saturated carbocycles. The second-order valence-electron chi connectivity index (χ2n) is 9.62. The van der Waals surface area contributed by atoms with Crippen LogP contribution >= 0.6 is 0 Å². The van der Waals surface area contributed by atoms with E-state index < -0.39 is 0 Å². The van der Waals surface area contributed by atoms with Crippen molar-refractivity contribution < 1.29 is 9.47 Å². The Bertz CT molecular complexity index is 1830. The molecule has 0 aromatic heterocycles. The topological polar surface area (TPSA) is 49.8 Å². The van der Waals surface area contributed by atoms with E-state index >= 15 is 0 Å². The third kappa shape index (κ3) is 6.82. The van der Waals surface area contributed by atoms with Crippen LogP contribution in [0.5, 0.6) is 11.5 Å². The maximum atomic E-state index is 9.84. The molecule has 0 aliphatic heterocycles. The van der Waals surface area contributed by atoms with E-state index in [4.69, 9.17) is 16.0 Å². The van der Waals surface area contributed by atoms with Crippen LogP contribution in [0.3, 0.4) is 0 Å². The Morgan fingerprint density at radius 2 is 1.12 bits per heavy atom. The number of nitrogens with zero attached hydrogens (tertiary/aromatic N) is 3. The summed E-state index contributed by atoms with van der Waals surface area (Å²) in [5.41, 5.74) is 7.40. The van der Waals surface area contributed by atoms with E-state index in [0.29, 0.717) is 22.4 Å². The first kappa shape index (κ1) is 28.5. The summed E-state index contributed by atoms with van der Waals surface area (Å²) < 4.78 is 10.6. The van der Waals surface area contributed by atoms with Crippen LogP contribution < -0.4 is 14.4 Å². The van der Waals surface area contributed by atoms with Gasteiger partial charge in [-0.3, -0.25) is 0 Å². The summed E-state index contributed by atoms with van der Waals surface area (Å²) in [5, 5.41) is 9.84. The van der Waals surface area contributed by atoms with Crippen molar-refractivity contribution in [3.05, 3.63) is 154 Å². The SMILES string of the molecule is [C-]#[N+]c1cc(/C=C/c2ccc(OC)cc2)c(C#N)cc1/C=C/c1ccc(N(c2ccccc2)c2ccc(OC)cc2)cc1. The number of methoxy groups -OCH3 is 2. The van der Waals surface area contributed by atoms with E-state index in [1.165, 1.54) is 0 Å². The van der Waals surface area contributed by atoms with Gasteiger partial charge in [0.15, 0.2) is 5.69 Å². The molecule has 5 aromatic carbocycles. The molecule has 208 valence electrons. The number of ether oxygens (including phenoxy) is 2. The normalized spacial score (nSPS) is 10.8. The molecule has 5 rings (SSSR count). The Morgan fingerprint density at radius 1 is 0.628 bits per heavy atom. The number of nitriles is 1. The predicted molar refractivity (Wildman–Crippen MR) is 176 cm³/mol. The van der Waals surface area contributed by atoms with Crippen LogP contribution in [0.25, 0.3) is 29.1 Å². The van der Waals surface area contributed by atoms with Gasteiger partial charge in [0, 0.05) is 17.1 Å². The smallest absolute Gasteiger partial charge is 0.194 e. The predicted octanol–water partition coefficient (Wildman–Crippen LogP) is 9.94. The molecule has 0 N–H and O–H groups in total. The van der Waals surface area contributed by atoms with Crippen LogP contribution in [-0.2, 0) is 0 Å². The lowest BCUT2D eigenvalue weighted by Crippen LogP contribution is -2.09. The summed E-state index contributed by atoms with van der Waals surface area (Å²) >= 11 is 0. The Labute approximate surface area is 252 Å². The second-order valence-corrected chi connectivity index (χ2v) is 9.62. The van der Waals surface area contributed by atoms with Gasteiger partial charge in [-0.2, -0.15) is 5.26 Å². The van der Waals surface area contributed by atoms with Gasteiger partial charge in [-0.15, -0.1) is 0 Å². The fourth-order valence-electron chi connectivity index (χ4n) is 4.66. The molecular formula is C38H29N3O2. The van der Waals surface area contributed by atoms with Crippen molar-refractivity contribution in [1.82, 2.24) is 0 Å². The average Bonchev–Trinajstić information content (AvgIpc) is 3.08. The van der Waals surface area contributed by atoms with Gasteiger partial charge in [-0.05, 0) is 95.1 Å². The van der Waals surface area contributed by atoms with Crippen LogP contribution in [0.15, 0.2) is 115 Å². The molecule has 0 spiro atoms. The maximum absolute atomic E-state index is 9.84. The van der Waals surface area contributed by atoms with E-state index in [-0.39, 0.29) is 0 Å². The first-order valence-corrected chi connectivity index (χ1v) is 13.7. The van der Waals surface area contributed by atoms with Crippen molar-refractivity contribution in [2.75, 3.05) is 19.1 Å². The van der Waals surface area contributed by atoms with Gasteiger partial charge in [0.25, 0.3) is 0 Å². The molecular weight excluding hydrogens is 530 g/mol. The molecule has 0 amide bonds. The van der Waals surface area contributed by atoms with E-state index in [0.717, 1.165) is 39.7 Å². The van der Waals surface area contributed by atoms with Crippen LogP contribution in [0.4, 0.5) is 22.7 Å². The molecule has 0 fully saturated rings. The molecule has 0 saturated heterocycles. The second kappa shape index (κ2) is 13.5. The van der Waals surface area contributed by atoms with E-state index in [2.05, 4.69) is 40.1 Å². The van der Waals surface area contributed by atoms with Crippen LogP contribution in [0.2, 0.25) is 0 Å². The monoisotopic (exact) mass is 559 g/mol. The molecule has 0 unspecified atom stereocenters. The van der Waals surface area contributed by atoms with Crippen molar-refractivity contribution in [3.63, 3.8) is 0 Å². The van der Waals surface area contributed by atoms with Gasteiger partial charge in [-0.1, -0.05) is 66.8 Å². The lowest BCUT2D eigenvalue weighted by atomic mass is 10.0. The molecule has 0 bridgehead atoms. The molecule has 0 atom stereocenters. The minimum atomic E-state index is 0.482. The number of hydrogen-bond donors (Lipinski definition) is 0. The van der Waals surface area contributed by atoms with Crippen LogP contribution in [-0.4, -0.2) is 14.2 Å². The van der Waals surface area contributed by atoms with Crippen molar-refractivity contribution in [2.45, 2.75) is 0 Å². The zero-order chi connectivity index (χ0) is 30.0. The highest BCUT2D eigenvalue weighted by Gasteiger charge is 2.12. The Hall–Kier alpha value is -6.04. The minimum Gasteiger partial charge on any atom is -0.497 e. The third-order valence-electron chi connectivity index (χ3n) is 6.96. The lowest BCUT2D eigenvalue weighted by Gasteiger charge is -2.25. The first-order chi connectivity index (χ1) is 21.1. The van der Waals surface area contributed by atoms with Gasteiger partial charge >= 0.3 is 0 Å². The molecule has 0 aliphatic carbocycles. The fourth-order valence-corrected chi connectivity index (χ4v) is 4.66. The lowest BCUT2D eigenvalue weighted by molar-refractivity contribution is 0.414. The van der Waals surface area contributed by atoms with E-state index in [1.807, 2.05) is 103 Å². The minimum absolute atomic E-state index is 0.482. The van der Waals surface area contributed by atoms with Gasteiger partial charge in [-0.25, -0.2) is 4.85 Å². The number of anilines is 3. The molecule has 0 aliphatic rings. The summed E-state index contributed by atoms with van der Waals surface area (Å²) in [6, 6.07) is 39.9. The Kier molecular flexibility index (Phi) is 8.97. The van der Waals surface area contributed by atoms with Crippen molar-refractivity contribution >= 4 is 47.1 Å². The van der Waals surface area contributed by atoms with E-state index in [9.17, 15) is 5.26 Å². The molecule has 5 aromatic rings. The molecule has 5 heteroatoms. The summed E-state index contributed by atoms with van der Waals surface area (Å²) in [5.74, 6) is 1.58. The van der Waals surface area contributed by atoms with Gasteiger partial charge < -0.3 is 14.4 Å². The molecule has 5 nitrogen and oxygen atoms in total. The van der Waals surface area contributed by atoms with Crippen molar-refractivity contribution in [3.8, 4) is 17.6 Å². The van der Waals surface area contributed by atoms with Gasteiger partial charge in [0.2, 0.25) is 0 Å². The quantitative estimate of drug-likeness (QED) is 0.133. The highest BCUT2D eigenvalue weighted by atomic mass is 16.5. The molecule has 43 heavy (non-hydrogen) atoms. The molecule has 0 radical (unpaired) electrons. The Balaban J connectivity index is 1.40. The van der Waals surface area contributed by atoms with Gasteiger partial charge in [0.05, 0.1) is 32.4 Å². The maximum Gasteiger partial charge on any atom is 0.194 e. The standard InChI is InChI=1S/C38H29N3O2/c1-40-38-26-30(15-9-29-13-21-36(42-2)22-14-29)32(27-39)25-31(38)16-10-28-11-17-34(18-12-28)41(33-7-5-4-6-8-33)35-19-23-37(43-3)24-20-35/h4-26H,2-3H3/b15-9+,16-10+. The zero-order valence-electron chi connectivity index (χ0n) is 23.9. The Morgan fingerprint density at radius 3 is 1.65 bits per heavy atom. The highest BCUT2D eigenvalue weighted by molar-refractivity contribution is 5.83. The first-order valence-electron chi connectivity index (χ1n) is 13.7. The third-order valence-corrected chi connectivity index (χ3v) is 6.96.